The maximum Gasteiger partial charge on any atom is 1.00 e. The van der Waals surface area contributed by atoms with Crippen molar-refractivity contribution in [3.8, 4) is 0 Å². The molecular weight excluding hydrogens is 697 g/mol. The molecule has 2 heterocycles. The van der Waals surface area contributed by atoms with E-state index in [9.17, 15) is 50.6 Å². The number of carboxylic acids is 1. The number of carbonyl (C=O) groups is 2. The van der Waals surface area contributed by atoms with E-state index in [-0.39, 0.29) is 60.8 Å². The van der Waals surface area contributed by atoms with Crippen molar-refractivity contribution >= 4 is 11.9 Å². The minimum Gasteiger partial charge on any atom is -0.870 e. The Labute approximate surface area is 312 Å². The van der Waals surface area contributed by atoms with E-state index in [0.29, 0.717) is 38.1 Å². The summed E-state index contributed by atoms with van der Waals surface area (Å²) in [6.45, 7) is 9.55. The fraction of sp³-hybridized carbons (Fsp3) is 0.647. The molecule has 292 valence electrons. The van der Waals surface area contributed by atoms with Crippen LogP contribution in [0.15, 0.2) is 34.1 Å². The number of nitrogens with zero attached hydrogens (tertiary/aromatic N) is 4. The maximum atomic E-state index is 13.3. The number of carboxylic acid groups (broad SMARTS) is 1. The summed E-state index contributed by atoms with van der Waals surface area (Å²) in [7, 11) is 6.96. The van der Waals surface area contributed by atoms with Crippen LogP contribution in [-0.4, -0.2) is 89.3 Å². The Balaban J connectivity index is 0. The number of pyridine rings is 2. The number of hydrogen-bond donors (Lipinski definition) is 1. The quantitative estimate of drug-likeness (QED) is 0.165. The summed E-state index contributed by atoms with van der Waals surface area (Å²) in [4.78, 5) is 51.9. The minimum absolute atomic E-state index is 0. The van der Waals surface area contributed by atoms with Gasteiger partial charge in [-0.15, -0.1) is 0 Å². The molecule has 2 aromatic rings. The van der Waals surface area contributed by atoms with Gasteiger partial charge < -0.3 is 34.3 Å². The predicted octanol–water partition coefficient (Wildman–Crippen LogP) is 2.59. The van der Waals surface area contributed by atoms with Crippen LogP contribution in [0, 0.1) is 11.8 Å². The number of hydrogen-bond acceptors (Lipinski definition) is 8. The standard InChI is InChI=1S/C18H27F3N2O3.C16H23F3N2O3.Li.H2O/c1-6-12(3)16(17(25)26-7-2)23-11-13(8-9-22(4)5)14(10-15(23)24)18(19,20)21;1-5-10(2)14(15(23)24)21-9-11(6-7-20(3)4)12(8-13(21)22)16(17,18)19;;/h10-12,16H,6-9H2,1-5H3;8-10,14H,5-7H2,1-4H3,(H,23,24);;1H2/q;;+1;/p-1/t12-,16?;10-,14?;;/m11../s1. The number of ether oxygens (including phenoxy) is 1. The van der Waals surface area contributed by atoms with E-state index in [1.807, 2.05) is 6.92 Å². The molecule has 11 nitrogen and oxygen atoms in total. The van der Waals surface area contributed by atoms with Gasteiger partial charge in [-0.05, 0) is 70.9 Å². The number of likely N-dealkylation sites (N-methyl/N-ethyl adjacent to an activating group) is 2. The van der Waals surface area contributed by atoms with E-state index >= 15 is 0 Å². The molecule has 0 saturated heterocycles. The van der Waals surface area contributed by atoms with Crippen LogP contribution in [0.4, 0.5) is 26.3 Å². The van der Waals surface area contributed by atoms with Gasteiger partial charge in [0.2, 0.25) is 0 Å². The predicted molar refractivity (Wildman–Crippen MR) is 179 cm³/mol. The van der Waals surface area contributed by atoms with E-state index < -0.39 is 64.5 Å². The summed E-state index contributed by atoms with van der Waals surface area (Å²) in [6, 6.07) is -1.06. The van der Waals surface area contributed by atoms with Crippen molar-refractivity contribution in [1.29, 1.82) is 0 Å². The van der Waals surface area contributed by atoms with Gasteiger partial charge in [-0.2, -0.15) is 26.3 Å². The second-order valence-electron chi connectivity index (χ2n) is 12.8. The van der Waals surface area contributed by atoms with Crippen molar-refractivity contribution in [2.75, 3.05) is 47.9 Å². The third kappa shape index (κ3) is 14.7. The first kappa shape index (κ1) is 51.0. The molecule has 2 aromatic heterocycles. The minimum atomic E-state index is -4.66. The Bertz CT molecular complexity index is 1540. The smallest absolute Gasteiger partial charge is 0.870 e. The molecule has 0 aromatic carbocycles. The molecule has 0 aliphatic carbocycles. The monoisotopic (exact) mass is 748 g/mol. The third-order valence-electron chi connectivity index (χ3n) is 8.34. The van der Waals surface area contributed by atoms with Gasteiger partial charge in [0, 0.05) is 37.6 Å². The molecular formula is C34H51F6LiN4O7. The van der Waals surface area contributed by atoms with Gasteiger partial charge in [-0.25, -0.2) is 9.59 Å². The Hall–Kier alpha value is -3.10. The van der Waals surface area contributed by atoms with Crippen LogP contribution in [0.3, 0.4) is 0 Å². The molecule has 2 N–H and O–H groups in total. The summed E-state index contributed by atoms with van der Waals surface area (Å²) in [6.07, 6.45) is -5.83. The van der Waals surface area contributed by atoms with Crippen LogP contribution >= 0.6 is 0 Å². The molecule has 2 unspecified atom stereocenters. The summed E-state index contributed by atoms with van der Waals surface area (Å²) in [5.41, 5.74) is -3.85. The van der Waals surface area contributed by atoms with Crippen LogP contribution in [-0.2, 0) is 39.5 Å². The van der Waals surface area contributed by atoms with Crippen LogP contribution in [0.1, 0.15) is 81.8 Å². The molecule has 0 spiro atoms. The largest absolute Gasteiger partial charge is 1.00 e. The molecule has 0 bridgehead atoms. The van der Waals surface area contributed by atoms with Gasteiger partial charge in [0.05, 0.1) is 17.7 Å². The van der Waals surface area contributed by atoms with E-state index in [1.54, 1.807) is 65.7 Å². The number of carbonyl (C=O) groups excluding carboxylic acids is 1. The molecule has 0 aliphatic heterocycles. The summed E-state index contributed by atoms with van der Waals surface area (Å²) >= 11 is 0. The van der Waals surface area contributed by atoms with Gasteiger partial charge in [-0.3, -0.25) is 9.59 Å². The number of aromatic nitrogens is 2. The Morgan fingerprint density at radius 1 is 0.750 bits per heavy atom. The SMILES string of the molecule is CCOC(=O)C([C@H](C)CC)n1cc(CCN(C)C)c(C(F)(F)F)cc1=O.CC[C@@H](C)C(C(=O)O)n1cc(CCN(C)C)c(C(F)(F)F)cc1=O.[Li+].[OH-]. The van der Waals surface area contributed by atoms with Crippen molar-refractivity contribution in [3.05, 3.63) is 67.5 Å². The molecule has 2 rings (SSSR count). The average molecular weight is 749 g/mol. The van der Waals surface area contributed by atoms with Gasteiger partial charge >= 0.3 is 43.2 Å². The van der Waals surface area contributed by atoms with Gasteiger partial charge in [0.1, 0.15) is 12.1 Å². The first-order chi connectivity index (χ1) is 23.0. The van der Waals surface area contributed by atoms with Crippen LogP contribution < -0.4 is 30.0 Å². The molecule has 0 amide bonds. The zero-order valence-corrected chi connectivity index (χ0v) is 31.6. The molecule has 4 atom stereocenters. The summed E-state index contributed by atoms with van der Waals surface area (Å²) < 4.78 is 86.6. The van der Waals surface area contributed by atoms with Crippen molar-refractivity contribution < 1.29 is 70.1 Å². The Morgan fingerprint density at radius 3 is 1.38 bits per heavy atom. The molecule has 52 heavy (non-hydrogen) atoms. The maximum absolute atomic E-state index is 13.3. The molecule has 0 aliphatic rings. The van der Waals surface area contributed by atoms with E-state index in [0.717, 1.165) is 15.3 Å². The average Bonchev–Trinajstić information content (AvgIpc) is 3.00. The summed E-state index contributed by atoms with van der Waals surface area (Å²) in [5.74, 6) is -2.49. The van der Waals surface area contributed by atoms with E-state index in [4.69, 9.17) is 4.74 Å². The molecule has 0 saturated carbocycles. The van der Waals surface area contributed by atoms with Crippen molar-refractivity contribution in [2.45, 2.75) is 84.7 Å². The fourth-order valence-corrected chi connectivity index (χ4v) is 5.16. The van der Waals surface area contributed by atoms with Crippen molar-refractivity contribution in [2.24, 2.45) is 11.8 Å². The topological polar surface area (TPSA) is 144 Å². The van der Waals surface area contributed by atoms with Crippen LogP contribution in [0.5, 0.6) is 0 Å². The molecule has 0 radical (unpaired) electrons. The Morgan fingerprint density at radius 2 is 1.10 bits per heavy atom. The van der Waals surface area contributed by atoms with Gasteiger partial charge in [0.25, 0.3) is 11.1 Å². The van der Waals surface area contributed by atoms with Crippen molar-refractivity contribution in [3.63, 3.8) is 0 Å². The number of aliphatic carboxylic acids is 1. The van der Waals surface area contributed by atoms with E-state index in [1.165, 1.54) is 6.20 Å². The second kappa shape index (κ2) is 22.2. The van der Waals surface area contributed by atoms with Gasteiger partial charge in [-0.1, -0.05) is 40.5 Å². The second-order valence-corrected chi connectivity index (χ2v) is 12.8. The first-order valence-corrected chi connectivity index (χ1v) is 16.3. The third-order valence-corrected chi connectivity index (χ3v) is 8.34. The molecule has 0 fully saturated rings. The fourth-order valence-electron chi connectivity index (χ4n) is 5.16. The number of esters is 1. The van der Waals surface area contributed by atoms with Crippen LogP contribution in [0.2, 0.25) is 0 Å². The van der Waals surface area contributed by atoms with Gasteiger partial charge in [0.15, 0.2) is 0 Å². The summed E-state index contributed by atoms with van der Waals surface area (Å²) in [5, 5.41) is 9.40. The molecule has 18 heteroatoms. The Kier molecular flexibility index (Phi) is 21.8. The zero-order chi connectivity index (χ0) is 38.7. The normalized spacial score (nSPS) is 13.9. The van der Waals surface area contributed by atoms with Crippen molar-refractivity contribution in [1.82, 2.24) is 18.9 Å². The number of halogens is 6. The zero-order valence-electron chi connectivity index (χ0n) is 31.6. The number of alkyl halides is 6. The first-order valence-electron chi connectivity index (χ1n) is 16.3. The van der Waals surface area contributed by atoms with E-state index in [2.05, 4.69) is 0 Å². The van der Waals surface area contributed by atoms with Crippen LogP contribution in [0.25, 0.3) is 0 Å². The number of rotatable bonds is 15.